The lowest BCUT2D eigenvalue weighted by Crippen LogP contribution is -2.37. The third-order valence-corrected chi connectivity index (χ3v) is 4.63. The highest BCUT2D eigenvalue weighted by Crippen LogP contribution is 2.27. The Bertz CT molecular complexity index is 622. The predicted octanol–water partition coefficient (Wildman–Crippen LogP) is 3.85. The normalized spacial score (nSPS) is 14.7. The number of amides is 1. The summed E-state index contributed by atoms with van der Waals surface area (Å²) >= 11 is 0. The Balaban J connectivity index is 5.23. The molecule has 0 aliphatic rings. The van der Waals surface area contributed by atoms with Crippen molar-refractivity contribution in [3.05, 3.63) is 12.2 Å². The van der Waals surface area contributed by atoms with E-state index in [4.69, 9.17) is 0 Å². The fourth-order valence-electron chi connectivity index (χ4n) is 2.03. The van der Waals surface area contributed by atoms with Crippen molar-refractivity contribution in [1.29, 1.82) is 0 Å². The highest BCUT2D eigenvalue weighted by Gasteiger charge is 2.48. The van der Waals surface area contributed by atoms with Crippen LogP contribution < -0.4 is 0 Å². The molecular formula is C16H27F3N2O4S. The Hall–Kier alpha value is -1.58. The lowest BCUT2D eigenvalue weighted by molar-refractivity contribution is -0.119. The number of nitrogens with zero attached hydrogens (tertiary/aromatic N) is 2. The molecule has 1 unspecified atom stereocenters. The summed E-state index contributed by atoms with van der Waals surface area (Å²) in [7, 11) is -5.78. The Labute approximate surface area is 153 Å². The molecule has 152 valence electrons. The third kappa shape index (κ3) is 8.20. The fourth-order valence-corrected chi connectivity index (χ4v) is 2.49. The second-order valence-electron chi connectivity index (χ2n) is 7.05. The molecule has 1 atom stereocenters. The first-order valence-corrected chi connectivity index (χ1v) is 9.46. The molecule has 0 rings (SSSR count). The van der Waals surface area contributed by atoms with Gasteiger partial charge in [-0.05, 0) is 24.7 Å². The highest BCUT2D eigenvalue weighted by atomic mass is 32.2. The summed E-state index contributed by atoms with van der Waals surface area (Å²) in [5.74, 6) is -0.703. The molecule has 0 N–H and O–H groups in total. The van der Waals surface area contributed by atoms with Gasteiger partial charge in [-0.3, -0.25) is 4.79 Å². The predicted molar refractivity (Wildman–Crippen MR) is 93.8 cm³/mol. The summed E-state index contributed by atoms with van der Waals surface area (Å²) in [5.41, 5.74) is -4.75. The SMILES string of the molecule is C=C(CC)C(CCC(C)(C)C)N(C=O)C/N=C(\C)OS(=O)(=O)C(F)(F)F. The molecule has 0 saturated carbocycles. The summed E-state index contributed by atoms with van der Waals surface area (Å²) < 4.78 is 62.7. The second kappa shape index (κ2) is 9.38. The van der Waals surface area contributed by atoms with Crippen LogP contribution in [-0.2, 0) is 19.1 Å². The number of carbonyl (C=O) groups excluding carboxylic acids is 1. The minimum Gasteiger partial charge on any atom is -0.361 e. The minimum absolute atomic E-state index is 0.0178. The number of rotatable bonds is 9. The van der Waals surface area contributed by atoms with Crippen LogP contribution in [0.4, 0.5) is 13.2 Å². The third-order valence-electron chi connectivity index (χ3n) is 3.60. The van der Waals surface area contributed by atoms with E-state index in [0.29, 0.717) is 19.3 Å². The zero-order valence-corrected chi connectivity index (χ0v) is 16.6. The average molecular weight is 400 g/mol. The van der Waals surface area contributed by atoms with Gasteiger partial charge in [-0.25, -0.2) is 4.99 Å². The van der Waals surface area contributed by atoms with Gasteiger partial charge in [0.25, 0.3) is 0 Å². The summed E-state index contributed by atoms with van der Waals surface area (Å²) in [6.45, 7) is 12.6. The van der Waals surface area contributed by atoms with Crippen LogP contribution in [0.15, 0.2) is 17.1 Å². The van der Waals surface area contributed by atoms with Crippen LogP contribution in [-0.4, -0.2) is 43.8 Å². The zero-order valence-electron chi connectivity index (χ0n) is 15.8. The van der Waals surface area contributed by atoms with Gasteiger partial charge in [0.2, 0.25) is 12.3 Å². The largest absolute Gasteiger partial charge is 0.534 e. The van der Waals surface area contributed by atoms with Gasteiger partial charge in [0.15, 0.2) is 0 Å². The molecule has 0 saturated heterocycles. The Kier molecular flexibility index (Phi) is 8.81. The minimum atomic E-state index is -5.78. The van der Waals surface area contributed by atoms with E-state index in [1.807, 2.05) is 27.7 Å². The average Bonchev–Trinajstić information content (AvgIpc) is 2.47. The standard InChI is InChI=1S/C16H27F3N2O4S/c1-7-12(2)14(8-9-15(4,5)6)21(11-22)10-20-13(3)25-26(23,24)16(17,18)19/h11,14H,2,7-10H2,1,3-6H3/b20-13+. The van der Waals surface area contributed by atoms with Crippen LogP contribution in [0.3, 0.4) is 0 Å². The second-order valence-corrected chi connectivity index (χ2v) is 8.59. The van der Waals surface area contributed by atoms with Crippen molar-refractivity contribution in [3.63, 3.8) is 0 Å². The first-order valence-electron chi connectivity index (χ1n) is 8.05. The van der Waals surface area contributed by atoms with Crippen molar-refractivity contribution in [2.24, 2.45) is 10.4 Å². The van der Waals surface area contributed by atoms with Crippen molar-refractivity contribution in [1.82, 2.24) is 4.90 Å². The monoisotopic (exact) mass is 400 g/mol. The van der Waals surface area contributed by atoms with Crippen LogP contribution in [0.1, 0.15) is 53.9 Å². The van der Waals surface area contributed by atoms with Crippen molar-refractivity contribution in [2.75, 3.05) is 6.67 Å². The quantitative estimate of drug-likeness (QED) is 0.147. The van der Waals surface area contributed by atoms with Crippen molar-refractivity contribution in [3.8, 4) is 0 Å². The van der Waals surface area contributed by atoms with Crippen LogP contribution in [0.2, 0.25) is 0 Å². The molecule has 26 heavy (non-hydrogen) atoms. The van der Waals surface area contributed by atoms with E-state index in [0.717, 1.165) is 18.9 Å². The lowest BCUT2D eigenvalue weighted by Gasteiger charge is -2.31. The molecule has 0 radical (unpaired) electrons. The summed E-state index contributed by atoms with van der Waals surface area (Å²) in [6.07, 6.45) is 2.51. The van der Waals surface area contributed by atoms with Crippen LogP contribution in [0.25, 0.3) is 0 Å². The first-order chi connectivity index (χ1) is 11.6. The van der Waals surface area contributed by atoms with Gasteiger partial charge >= 0.3 is 15.6 Å². The summed E-state index contributed by atoms with van der Waals surface area (Å²) in [4.78, 5) is 16.3. The van der Waals surface area contributed by atoms with Crippen molar-refractivity contribution >= 4 is 22.4 Å². The first kappa shape index (κ1) is 24.4. The smallest absolute Gasteiger partial charge is 0.361 e. The maximum absolute atomic E-state index is 12.3. The molecule has 0 fully saturated rings. The van der Waals surface area contributed by atoms with E-state index in [9.17, 15) is 26.4 Å². The Morgan fingerprint density at radius 3 is 2.23 bits per heavy atom. The number of carbonyl (C=O) groups is 1. The van der Waals surface area contributed by atoms with Crippen molar-refractivity contribution < 1.29 is 30.6 Å². The van der Waals surface area contributed by atoms with Crippen LogP contribution in [0, 0.1) is 5.41 Å². The number of hydrogen-bond acceptors (Lipinski definition) is 5. The molecule has 6 nitrogen and oxygen atoms in total. The van der Waals surface area contributed by atoms with Gasteiger partial charge in [0.05, 0.1) is 6.04 Å². The van der Waals surface area contributed by atoms with E-state index in [1.165, 1.54) is 4.90 Å². The number of halogens is 3. The molecule has 0 aliphatic heterocycles. The van der Waals surface area contributed by atoms with E-state index in [1.54, 1.807) is 0 Å². The van der Waals surface area contributed by atoms with Gasteiger partial charge in [0.1, 0.15) is 6.67 Å². The fraction of sp³-hybridized carbons (Fsp3) is 0.750. The number of alkyl halides is 3. The summed E-state index contributed by atoms with van der Waals surface area (Å²) in [5, 5.41) is 0. The molecule has 1 amide bonds. The molecule has 10 heteroatoms. The van der Waals surface area contributed by atoms with Crippen molar-refractivity contribution in [2.45, 2.75) is 65.4 Å². The van der Waals surface area contributed by atoms with E-state index in [2.05, 4.69) is 15.8 Å². The van der Waals surface area contributed by atoms with Gasteiger partial charge in [-0.2, -0.15) is 21.6 Å². The summed E-state index contributed by atoms with van der Waals surface area (Å²) in [6, 6.07) is -0.354. The number of aliphatic imine (C=N–C) groups is 1. The highest BCUT2D eigenvalue weighted by molar-refractivity contribution is 7.88. The lowest BCUT2D eigenvalue weighted by atomic mass is 9.86. The zero-order chi connectivity index (χ0) is 20.8. The number of hydrogen-bond donors (Lipinski definition) is 0. The van der Waals surface area contributed by atoms with E-state index in [-0.39, 0.29) is 18.1 Å². The molecule has 0 heterocycles. The molecule has 0 aromatic rings. The molecule has 0 aliphatic carbocycles. The maximum Gasteiger partial charge on any atom is 0.534 e. The van der Waals surface area contributed by atoms with Crippen LogP contribution >= 0.6 is 0 Å². The Morgan fingerprint density at radius 1 is 1.31 bits per heavy atom. The Morgan fingerprint density at radius 2 is 1.85 bits per heavy atom. The molecular weight excluding hydrogens is 373 g/mol. The van der Waals surface area contributed by atoms with Gasteiger partial charge in [-0.1, -0.05) is 39.8 Å². The molecule has 0 bridgehead atoms. The van der Waals surface area contributed by atoms with E-state index < -0.39 is 21.5 Å². The molecule has 0 aromatic heterocycles. The van der Waals surface area contributed by atoms with Gasteiger partial charge in [0, 0.05) is 6.92 Å². The maximum atomic E-state index is 12.3. The van der Waals surface area contributed by atoms with Gasteiger partial charge < -0.3 is 9.08 Å². The van der Waals surface area contributed by atoms with Gasteiger partial charge in [-0.15, -0.1) is 0 Å². The molecule has 0 spiro atoms. The van der Waals surface area contributed by atoms with E-state index >= 15 is 0 Å². The van der Waals surface area contributed by atoms with Crippen LogP contribution in [0.5, 0.6) is 0 Å². The molecule has 0 aromatic carbocycles. The topological polar surface area (TPSA) is 76.0 Å².